The number of hydrogen-bond donors (Lipinski definition) is 1. The Bertz CT molecular complexity index is 2660. The third-order valence-corrected chi connectivity index (χ3v) is 10.8. The van der Waals surface area contributed by atoms with Gasteiger partial charge >= 0.3 is 0 Å². The van der Waals surface area contributed by atoms with Gasteiger partial charge in [0.25, 0.3) is 0 Å². The fourth-order valence-electron chi connectivity index (χ4n) is 8.50. The standard InChI is InChI=1S/C51H36N2/c1-2-20-42(21-3-1)52-43-22-12-18-40(34-43)51(49-26-10-8-24-47(49)48-25-9-11-27-50(48)51)41-19-13-23-44(35-41)53(45-30-28-36-14-4-6-16-38(36)32-45)46-31-29-37-15-5-7-17-39(37)33-46/h1-35,52H. The normalized spacial score (nSPS) is 12.7. The van der Waals surface area contributed by atoms with E-state index in [0.29, 0.717) is 0 Å². The summed E-state index contributed by atoms with van der Waals surface area (Å²) in [6, 6.07) is 77.3. The van der Waals surface area contributed by atoms with Gasteiger partial charge in [-0.3, -0.25) is 0 Å². The number of para-hydroxylation sites is 1. The molecule has 250 valence electrons. The second-order valence-corrected chi connectivity index (χ2v) is 13.9. The van der Waals surface area contributed by atoms with E-state index in [2.05, 4.69) is 223 Å². The number of rotatable bonds is 7. The molecule has 2 nitrogen and oxygen atoms in total. The molecule has 0 atom stereocenters. The van der Waals surface area contributed by atoms with Gasteiger partial charge in [0.2, 0.25) is 0 Å². The molecule has 0 aliphatic heterocycles. The number of hydrogen-bond acceptors (Lipinski definition) is 2. The summed E-state index contributed by atoms with van der Waals surface area (Å²) in [5, 5.41) is 8.56. The van der Waals surface area contributed by atoms with Crippen LogP contribution >= 0.6 is 0 Å². The topological polar surface area (TPSA) is 15.3 Å². The van der Waals surface area contributed by atoms with Crippen LogP contribution in [0.25, 0.3) is 32.7 Å². The Balaban J connectivity index is 1.22. The molecule has 0 aromatic heterocycles. The molecule has 1 N–H and O–H groups in total. The molecule has 9 aromatic carbocycles. The lowest BCUT2D eigenvalue weighted by Crippen LogP contribution is -2.29. The Morgan fingerprint density at radius 2 is 0.792 bits per heavy atom. The van der Waals surface area contributed by atoms with Crippen molar-refractivity contribution in [2.24, 2.45) is 0 Å². The smallest absolute Gasteiger partial charge is 0.0715 e. The first-order valence-electron chi connectivity index (χ1n) is 18.3. The van der Waals surface area contributed by atoms with Gasteiger partial charge in [0.15, 0.2) is 0 Å². The zero-order valence-corrected chi connectivity index (χ0v) is 29.2. The van der Waals surface area contributed by atoms with E-state index < -0.39 is 5.41 Å². The van der Waals surface area contributed by atoms with Crippen molar-refractivity contribution >= 4 is 50.0 Å². The molecule has 0 amide bonds. The summed E-state index contributed by atoms with van der Waals surface area (Å²) in [7, 11) is 0. The molecule has 0 fully saturated rings. The van der Waals surface area contributed by atoms with Gasteiger partial charge in [-0.1, -0.05) is 152 Å². The minimum absolute atomic E-state index is 0.560. The Kier molecular flexibility index (Phi) is 7.40. The van der Waals surface area contributed by atoms with E-state index in [1.54, 1.807) is 0 Å². The summed E-state index contributed by atoms with van der Waals surface area (Å²) in [5.74, 6) is 0. The Labute approximate surface area is 310 Å². The molecule has 0 saturated heterocycles. The van der Waals surface area contributed by atoms with E-state index in [4.69, 9.17) is 0 Å². The third kappa shape index (κ3) is 5.19. The zero-order chi connectivity index (χ0) is 35.2. The van der Waals surface area contributed by atoms with Crippen LogP contribution in [0.2, 0.25) is 0 Å². The van der Waals surface area contributed by atoms with Crippen LogP contribution in [-0.2, 0) is 5.41 Å². The van der Waals surface area contributed by atoms with Crippen molar-refractivity contribution in [2.45, 2.75) is 5.41 Å². The summed E-state index contributed by atoms with van der Waals surface area (Å²) < 4.78 is 0. The Morgan fingerprint density at radius 3 is 1.42 bits per heavy atom. The molecule has 0 heterocycles. The fraction of sp³-hybridized carbons (Fsp3) is 0.0196. The lowest BCUT2D eigenvalue weighted by Gasteiger charge is -2.35. The molecule has 1 aliphatic rings. The van der Waals surface area contributed by atoms with Gasteiger partial charge in [0.1, 0.15) is 0 Å². The lowest BCUT2D eigenvalue weighted by molar-refractivity contribution is 0.769. The lowest BCUT2D eigenvalue weighted by atomic mass is 9.67. The monoisotopic (exact) mass is 676 g/mol. The van der Waals surface area contributed by atoms with Gasteiger partial charge in [-0.05, 0) is 116 Å². The molecule has 53 heavy (non-hydrogen) atoms. The minimum Gasteiger partial charge on any atom is -0.356 e. The summed E-state index contributed by atoms with van der Waals surface area (Å²) >= 11 is 0. The van der Waals surface area contributed by atoms with E-state index in [9.17, 15) is 0 Å². The van der Waals surface area contributed by atoms with Crippen LogP contribution in [0.15, 0.2) is 212 Å². The first-order chi connectivity index (χ1) is 26.3. The second kappa shape index (κ2) is 12.7. The third-order valence-electron chi connectivity index (χ3n) is 10.8. The van der Waals surface area contributed by atoms with Gasteiger partial charge < -0.3 is 10.2 Å². The van der Waals surface area contributed by atoms with Crippen molar-refractivity contribution in [3.8, 4) is 11.1 Å². The highest BCUT2D eigenvalue weighted by Gasteiger charge is 2.46. The van der Waals surface area contributed by atoms with Crippen molar-refractivity contribution in [3.63, 3.8) is 0 Å². The number of benzene rings is 9. The number of anilines is 5. The molecule has 10 rings (SSSR count). The summed E-state index contributed by atoms with van der Waals surface area (Å²) in [5.41, 5.74) is 12.5. The van der Waals surface area contributed by atoms with Crippen LogP contribution in [0.4, 0.5) is 28.4 Å². The second-order valence-electron chi connectivity index (χ2n) is 13.9. The molecule has 1 aliphatic carbocycles. The average molecular weight is 677 g/mol. The zero-order valence-electron chi connectivity index (χ0n) is 29.2. The van der Waals surface area contributed by atoms with Gasteiger partial charge in [-0.15, -0.1) is 0 Å². The predicted octanol–water partition coefficient (Wildman–Crippen LogP) is 13.6. The van der Waals surface area contributed by atoms with E-state index in [0.717, 1.165) is 28.4 Å². The van der Waals surface area contributed by atoms with Crippen molar-refractivity contribution < 1.29 is 0 Å². The maximum absolute atomic E-state index is 3.68. The largest absolute Gasteiger partial charge is 0.356 e. The van der Waals surface area contributed by atoms with Crippen LogP contribution in [0, 0.1) is 0 Å². The summed E-state index contributed by atoms with van der Waals surface area (Å²) in [4.78, 5) is 2.41. The van der Waals surface area contributed by atoms with E-state index in [1.807, 2.05) is 0 Å². The first kappa shape index (κ1) is 30.9. The summed E-state index contributed by atoms with van der Waals surface area (Å²) in [6.45, 7) is 0. The highest BCUT2D eigenvalue weighted by atomic mass is 15.1. The van der Waals surface area contributed by atoms with Gasteiger partial charge in [-0.2, -0.15) is 0 Å². The molecule has 2 heteroatoms. The molecule has 0 radical (unpaired) electrons. The van der Waals surface area contributed by atoms with E-state index >= 15 is 0 Å². The SMILES string of the molecule is c1ccc(Nc2cccc(C3(c4cccc(N(c5ccc6ccccc6c5)c5ccc6ccccc6c5)c4)c4ccccc4-c4ccccc43)c2)cc1. The Hall–Kier alpha value is -6.90. The van der Waals surface area contributed by atoms with Crippen LogP contribution in [0.3, 0.4) is 0 Å². The van der Waals surface area contributed by atoms with Crippen molar-refractivity contribution in [3.05, 3.63) is 235 Å². The van der Waals surface area contributed by atoms with Crippen molar-refractivity contribution in [2.75, 3.05) is 10.2 Å². The molecule has 0 unspecified atom stereocenters. The minimum atomic E-state index is -0.560. The molecule has 0 saturated carbocycles. The van der Waals surface area contributed by atoms with Crippen LogP contribution < -0.4 is 10.2 Å². The predicted molar refractivity (Wildman–Crippen MR) is 223 cm³/mol. The van der Waals surface area contributed by atoms with Gasteiger partial charge in [-0.25, -0.2) is 0 Å². The quantitative estimate of drug-likeness (QED) is 0.181. The number of nitrogens with zero attached hydrogens (tertiary/aromatic N) is 1. The number of fused-ring (bicyclic) bond motifs is 5. The molecule has 0 bridgehead atoms. The van der Waals surface area contributed by atoms with E-state index in [-0.39, 0.29) is 0 Å². The van der Waals surface area contributed by atoms with Crippen LogP contribution in [0.5, 0.6) is 0 Å². The van der Waals surface area contributed by atoms with Crippen molar-refractivity contribution in [1.29, 1.82) is 0 Å². The Morgan fingerprint density at radius 1 is 0.321 bits per heavy atom. The molecule has 0 spiro atoms. The maximum atomic E-state index is 3.68. The molecular formula is C51H36N2. The maximum Gasteiger partial charge on any atom is 0.0715 e. The molecular weight excluding hydrogens is 641 g/mol. The highest BCUT2D eigenvalue weighted by molar-refractivity contribution is 5.93. The van der Waals surface area contributed by atoms with Crippen LogP contribution in [0.1, 0.15) is 22.3 Å². The average Bonchev–Trinajstić information content (AvgIpc) is 3.53. The van der Waals surface area contributed by atoms with Crippen molar-refractivity contribution in [1.82, 2.24) is 0 Å². The first-order valence-corrected chi connectivity index (χ1v) is 18.3. The van der Waals surface area contributed by atoms with Crippen LogP contribution in [-0.4, -0.2) is 0 Å². The summed E-state index contributed by atoms with van der Waals surface area (Å²) in [6.07, 6.45) is 0. The highest BCUT2D eigenvalue weighted by Crippen LogP contribution is 2.57. The van der Waals surface area contributed by atoms with E-state index in [1.165, 1.54) is 54.9 Å². The fourth-order valence-corrected chi connectivity index (χ4v) is 8.50. The molecule has 9 aromatic rings. The van der Waals surface area contributed by atoms with Gasteiger partial charge in [0.05, 0.1) is 5.41 Å². The number of nitrogens with one attached hydrogen (secondary N) is 1. The van der Waals surface area contributed by atoms with Gasteiger partial charge in [0, 0.05) is 28.4 Å².